The van der Waals surface area contributed by atoms with Crippen molar-refractivity contribution >= 4 is 5.97 Å². The van der Waals surface area contributed by atoms with Crippen LogP contribution in [0.1, 0.15) is 43.2 Å². The van der Waals surface area contributed by atoms with Crippen LogP contribution in [-0.2, 0) is 11.2 Å². The van der Waals surface area contributed by atoms with Crippen molar-refractivity contribution in [1.82, 2.24) is 0 Å². The van der Waals surface area contributed by atoms with Gasteiger partial charge in [-0.3, -0.25) is 4.79 Å². The molecule has 0 aliphatic heterocycles. The number of benzene rings is 1. The maximum absolute atomic E-state index is 11.3. The van der Waals surface area contributed by atoms with Crippen molar-refractivity contribution < 1.29 is 15.0 Å². The van der Waals surface area contributed by atoms with Gasteiger partial charge in [-0.1, -0.05) is 49.1 Å². The number of rotatable bonds is 9. The minimum absolute atomic E-state index is 0.228. The Balaban J connectivity index is 2.40. The van der Waals surface area contributed by atoms with Crippen molar-refractivity contribution in [3.8, 4) is 0 Å². The van der Waals surface area contributed by atoms with Gasteiger partial charge in [0.05, 0.1) is 5.92 Å². The number of carbonyl (C=O) groups is 1. The van der Waals surface area contributed by atoms with Crippen LogP contribution in [0.15, 0.2) is 24.3 Å². The summed E-state index contributed by atoms with van der Waals surface area (Å²) in [5.74, 6) is -1.00. The third kappa shape index (κ3) is 6.39. The van der Waals surface area contributed by atoms with E-state index < -0.39 is 5.97 Å². The molecular weight excluding hydrogens is 240 g/mol. The molecule has 1 atom stereocenters. The molecule has 2 N–H and O–H groups in total. The highest BCUT2D eigenvalue weighted by molar-refractivity contribution is 5.70. The van der Waals surface area contributed by atoms with Crippen LogP contribution in [0.25, 0.3) is 0 Å². The van der Waals surface area contributed by atoms with Crippen molar-refractivity contribution in [3.63, 3.8) is 0 Å². The highest BCUT2D eigenvalue weighted by Gasteiger charge is 2.17. The van der Waals surface area contributed by atoms with Crippen molar-refractivity contribution in [2.45, 2.75) is 45.4 Å². The van der Waals surface area contributed by atoms with Gasteiger partial charge in [0.15, 0.2) is 0 Å². The van der Waals surface area contributed by atoms with Gasteiger partial charge in [0.25, 0.3) is 0 Å². The molecule has 0 saturated heterocycles. The molecule has 0 amide bonds. The van der Waals surface area contributed by atoms with Gasteiger partial charge in [-0.05, 0) is 31.7 Å². The Morgan fingerprint density at radius 2 is 1.74 bits per heavy atom. The van der Waals surface area contributed by atoms with Gasteiger partial charge in [-0.25, -0.2) is 0 Å². The fraction of sp³-hybridized carbons (Fsp3) is 0.562. The lowest BCUT2D eigenvalue weighted by atomic mass is 9.93. The lowest BCUT2D eigenvalue weighted by Gasteiger charge is -2.12. The largest absolute Gasteiger partial charge is 0.481 e. The highest BCUT2D eigenvalue weighted by Crippen LogP contribution is 2.17. The van der Waals surface area contributed by atoms with Crippen LogP contribution >= 0.6 is 0 Å². The Morgan fingerprint density at radius 1 is 1.11 bits per heavy atom. The van der Waals surface area contributed by atoms with E-state index in [4.69, 9.17) is 5.11 Å². The molecule has 0 fully saturated rings. The average molecular weight is 264 g/mol. The molecule has 0 saturated carbocycles. The van der Waals surface area contributed by atoms with Gasteiger partial charge in [-0.2, -0.15) is 0 Å². The summed E-state index contributed by atoms with van der Waals surface area (Å²) in [5.41, 5.74) is 2.29. The summed E-state index contributed by atoms with van der Waals surface area (Å²) in [6.45, 7) is 2.26. The van der Waals surface area contributed by atoms with Crippen LogP contribution in [0, 0.1) is 12.8 Å². The molecular formula is C16H24O3. The van der Waals surface area contributed by atoms with Crippen LogP contribution in [-0.4, -0.2) is 22.8 Å². The first kappa shape index (κ1) is 15.7. The summed E-state index contributed by atoms with van der Waals surface area (Å²) in [4.78, 5) is 11.3. The van der Waals surface area contributed by atoms with Gasteiger partial charge in [0, 0.05) is 6.61 Å². The molecule has 3 nitrogen and oxygen atoms in total. The first-order chi connectivity index (χ1) is 9.13. The molecule has 0 aliphatic carbocycles. The van der Waals surface area contributed by atoms with E-state index in [1.807, 2.05) is 31.2 Å². The van der Waals surface area contributed by atoms with Crippen LogP contribution < -0.4 is 0 Å². The molecule has 1 rings (SSSR count). The zero-order chi connectivity index (χ0) is 14.1. The standard InChI is InChI=1S/C16H24O3/c1-13-7-9-14(10-8-13)12-15(16(18)19)6-4-2-3-5-11-17/h7-10,15,17H,2-6,11-12H2,1H3,(H,18,19). The van der Waals surface area contributed by atoms with E-state index in [0.717, 1.165) is 31.2 Å². The fourth-order valence-electron chi connectivity index (χ4n) is 2.18. The molecule has 19 heavy (non-hydrogen) atoms. The van der Waals surface area contributed by atoms with Crippen molar-refractivity contribution in [2.24, 2.45) is 5.92 Å². The smallest absolute Gasteiger partial charge is 0.306 e. The number of aryl methyl sites for hydroxylation is 1. The zero-order valence-electron chi connectivity index (χ0n) is 11.6. The fourth-order valence-corrected chi connectivity index (χ4v) is 2.18. The van der Waals surface area contributed by atoms with Crippen LogP contribution in [0.3, 0.4) is 0 Å². The minimum atomic E-state index is -0.706. The predicted molar refractivity (Wildman–Crippen MR) is 76.2 cm³/mol. The number of hydrogen-bond acceptors (Lipinski definition) is 2. The summed E-state index contributed by atoms with van der Waals surface area (Å²) >= 11 is 0. The van der Waals surface area contributed by atoms with Crippen LogP contribution in [0.5, 0.6) is 0 Å². The summed E-state index contributed by atoms with van der Waals surface area (Å²) in [5, 5.41) is 17.9. The number of carboxylic acids is 1. The number of aliphatic hydroxyl groups excluding tert-OH is 1. The van der Waals surface area contributed by atoms with Gasteiger partial charge in [0.2, 0.25) is 0 Å². The SMILES string of the molecule is Cc1ccc(CC(CCCCCCO)C(=O)O)cc1. The monoisotopic (exact) mass is 264 g/mol. The third-order valence-electron chi connectivity index (χ3n) is 3.41. The maximum Gasteiger partial charge on any atom is 0.306 e. The summed E-state index contributed by atoms with van der Waals surface area (Å²) in [6, 6.07) is 8.07. The Labute approximate surface area is 115 Å². The molecule has 3 heteroatoms. The molecule has 1 unspecified atom stereocenters. The van der Waals surface area contributed by atoms with Crippen molar-refractivity contribution in [3.05, 3.63) is 35.4 Å². The maximum atomic E-state index is 11.3. The molecule has 0 aromatic heterocycles. The van der Waals surface area contributed by atoms with Crippen molar-refractivity contribution in [1.29, 1.82) is 0 Å². The second-order valence-corrected chi connectivity index (χ2v) is 5.15. The molecule has 0 aliphatic rings. The molecule has 0 radical (unpaired) electrons. The van der Waals surface area contributed by atoms with Gasteiger partial charge in [-0.15, -0.1) is 0 Å². The van der Waals surface area contributed by atoms with Crippen LogP contribution in [0.2, 0.25) is 0 Å². The molecule has 106 valence electrons. The second-order valence-electron chi connectivity index (χ2n) is 5.15. The predicted octanol–water partition coefficient (Wildman–Crippen LogP) is 3.18. The summed E-state index contributed by atoms with van der Waals surface area (Å²) in [6.07, 6.45) is 5.04. The topological polar surface area (TPSA) is 57.5 Å². The Hall–Kier alpha value is -1.35. The number of aliphatic carboxylic acids is 1. The van der Waals surface area contributed by atoms with Gasteiger partial charge in [0.1, 0.15) is 0 Å². The molecule has 0 spiro atoms. The normalized spacial score (nSPS) is 12.3. The number of unbranched alkanes of at least 4 members (excludes halogenated alkanes) is 3. The molecule has 1 aromatic rings. The van der Waals surface area contributed by atoms with Gasteiger partial charge >= 0.3 is 5.97 Å². The molecule has 0 heterocycles. The third-order valence-corrected chi connectivity index (χ3v) is 3.41. The van der Waals surface area contributed by atoms with Gasteiger partial charge < -0.3 is 10.2 Å². The van der Waals surface area contributed by atoms with Crippen molar-refractivity contribution in [2.75, 3.05) is 6.61 Å². The minimum Gasteiger partial charge on any atom is -0.481 e. The van der Waals surface area contributed by atoms with E-state index in [9.17, 15) is 9.90 Å². The number of carboxylic acid groups (broad SMARTS) is 1. The second kappa shape index (κ2) is 8.70. The van der Waals surface area contributed by atoms with E-state index in [1.54, 1.807) is 0 Å². The Morgan fingerprint density at radius 3 is 2.32 bits per heavy atom. The first-order valence-electron chi connectivity index (χ1n) is 7.02. The van der Waals surface area contributed by atoms with E-state index in [-0.39, 0.29) is 12.5 Å². The quantitative estimate of drug-likeness (QED) is 0.673. The van der Waals surface area contributed by atoms with E-state index >= 15 is 0 Å². The van der Waals surface area contributed by atoms with E-state index in [2.05, 4.69) is 0 Å². The highest BCUT2D eigenvalue weighted by atomic mass is 16.4. The van der Waals surface area contributed by atoms with Crippen LogP contribution in [0.4, 0.5) is 0 Å². The van der Waals surface area contributed by atoms with E-state index in [0.29, 0.717) is 12.8 Å². The lowest BCUT2D eigenvalue weighted by molar-refractivity contribution is -0.142. The average Bonchev–Trinajstić information content (AvgIpc) is 2.39. The molecule has 0 bridgehead atoms. The summed E-state index contributed by atoms with van der Waals surface area (Å²) in [7, 11) is 0. The Kier molecular flexibility index (Phi) is 7.19. The Bertz CT molecular complexity index is 370. The molecule has 1 aromatic carbocycles. The first-order valence-corrected chi connectivity index (χ1v) is 7.02. The van der Waals surface area contributed by atoms with E-state index in [1.165, 1.54) is 5.56 Å². The lowest BCUT2D eigenvalue weighted by Crippen LogP contribution is -2.16. The number of aliphatic hydroxyl groups is 1. The number of hydrogen-bond donors (Lipinski definition) is 2. The summed E-state index contributed by atoms with van der Waals surface area (Å²) < 4.78 is 0. The zero-order valence-corrected chi connectivity index (χ0v) is 11.6.